The number of piperazine rings is 1. The van der Waals surface area contributed by atoms with Crippen molar-refractivity contribution >= 4 is 47.8 Å². The van der Waals surface area contributed by atoms with Gasteiger partial charge in [-0.15, -0.1) is 0 Å². The molecule has 110 valence electrons. The summed E-state index contributed by atoms with van der Waals surface area (Å²) in [5.74, 6) is -0.291. The van der Waals surface area contributed by atoms with Crippen LogP contribution < -0.4 is 5.32 Å². The van der Waals surface area contributed by atoms with E-state index < -0.39 is 15.6 Å². The Bertz CT molecular complexity index is 659. The zero-order chi connectivity index (χ0) is 15.1. The lowest BCUT2D eigenvalue weighted by atomic mass is 10.0. The molecule has 0 bridgehead atoms. The molecule has 0 atom stereocenters. The number of halogens is 2. The third kappa shape index (κ3) is 2.66. The van der Waals surface area contributed by atoms with Crippen LogP contribution in [0.1, 0.15) is 13.8 Å². The summed E-state index contributed by atoms with van der Waals surface area (Å²) in [5.41, 5.74) is -1.11. The maximum absolute atomic E-state index is 12.8. The van der Waals surface area contributed by atoms with Crippen LogP contribution in [0.4, 0.5) is 0 Å². The van der Waals surface area contributed by atoms with Crippen molar-refractivity contribution in [3.05, 3.63) is 27.1 Å². The van der Waals surface area contributed by atoms with E-state index in [0.717, 1.165) is 4.47 Å². The van der Waals surface area contributed by atoms with Crippen LogP contribution in [-0.2, 0) is 14.8 Å². The molecule has 1 N–H and O–H groups in total. The van der Waals surface area contributed by atoms with Crippen molar-refractivity contribution in [2.45, 2.75) is 24.3 Å². The lowest BCUT2D eigenvalue weighted by Gasteiger charge is -2.40. The lowest BCUT2D eigenvalue weighted by Crippen LogP contribution is -2.63. The number of carbonyl (C=O) groups is 1. The van der Waals surface area contributed by atoms with Crippen LogP contribution in [0.15, 0.2) is 32.0 Å². The molecule has 2 rings (SSSR count). The largest absolute Gasteiger partial charge is 0.353 e. The van der Waals surface area contributed by atoms with Gasteiger partial charge in [-0.2, -0.15) is 4.31 Å². The molecule has 1 aliphatic rings. The number of benzene rings is 1. The first-order chi connectivity index (χ1) is 9.17. The van der Waals surface area contributed by atoms with Gasteiger partial charge in [-0.05, 0) is 48.0 Å². The molecular weight excluding hydrogens is 412 g/mol. The first-order valence-corrected chi connectivity index (χ1v) is 8.96. The van der Waals surface area contributed by atoms with E-state index in [9.17, 15) is 13.2 Å². The molecule has 0 aliphatic carbocycles. The van der Waals surface area contributed by atoms with Crippen molar-refractivity contribution in [1.82, 2.24) is 9.62 Å². The minimum atomic E-state index is -3.75. The van der Waals surface area contributed by atoms with Crippen molar-refractivity contribution in [3.8, 4) is 0 Å². The lowest BCUT2D eigenvalue weighted by molar-refractivity contribution is -0.131. The van der Waals surface area contributed by atoms with Crippen LogP contribution in [0.2, 0.25) is 0 Å². The number of nitrogens with one attached hydrogen (secondary N) is 1. The average Bonchev–Trinajstić information content (AvgIpc) is 2.31. The smallest absolute Gasteiger partial charge is 0.245 e. The van der Waals surface area contributed by atoms with Crippen LogP contribution in [0, 0.1) is 0 Å². The minimum absolute atomic E-state index is 0.156. The van der Waals surface area contributed by atoms with Crippen LogP contribution in [0.5, 0.6) is 0 Å². The summed E-state index contributed by atoms with van der Waals surface area (Å²) in [5, 5.41) is 2.69. The maximum atomic E-state index is 12.8. The summed E-state index contributed by atoms with van der Waals surface area (Å²) < 4.78 is 28.0. The fourth-order valence-corrected chi connectivity index (χ4v) is 5.56. The van der Waals surface area contributed by atoms with Crippen molar-refractivity contribution in [3.63, 3.8) is 0 Å². The van der Waals surface area contributed by atoms with Gasteiger partial charge in [0.05, 0.1) is 4.90 Å². The summed E-state index contributed by atoms with van der Waals surface area (Å²) in [7, 11) is -3.75. The molecule has 1 aliphatic heterocycles. The van der Waals surface area contributed by atoms with Gasteiger partial charge in [0.25, 0.3) is 0 Å². The van der Waals surface area contributed by atoms with Gasteiger partial charge in [0.2, 0.25) is 15.9 Å². The van der Waals surface area contributed by atoms with Crippen LogP contribution >= 0.6 is 31.9 Å². The average molecular weight is 426 g/mol. The Morgan fingerprint density at radius 1 is 1.30 bits per heavy atom. The standard InChI is InChI=1S/C12H14Br2N2O3S/c1-12(2)11(17)15-5-6-16(12)20(18,19)10-4-3-8(13)7-9(10)14/h3-4,7H,5-6H2,1-2H3,(H,15,17). The number of hydrogen-bond donors (Lipinski definition) is 1. The molecule has 0 radical (unpaired) electrons. The number of sulfonamides is 1. The van der Waals surface area contributed by atoms with E-state index in [2.05, 4.69) is 37.2 Å². The number of nitrogens with zero attached hydrogens (tertiary/aromatic N) is 1. The molecule has 1 heterocycles. The molecule has 0 spiro atoms. The molecule has 1 fully saturated rings. The first kappa shape index (κ1) is 15.9. The van der Waals surface area contributed by atoms with E-state index in [0.29, 0.717) is 11.0 Å². The summed E-state index contributed by atoms with van der Waals surface area (Å²) in [6.45, 7) is 3.77. The second-order valence-corrected chi connectivity index (χ2v) is 8.57. The van der Waals surface area contributed by atoms with E-state index in [-0.39, 0.29) is 17.3 Å². The van der Waals surface area contributed by atoms with Crippen molar-refractivity contribution in [1.29, 1.82) is 0 Å². The molecular formula is C12H14Br2N2O3S. The molecule has 1 saturated heterocycles. The molecule has 0 aromatic heterocycles. The zero-order valence-corrected chi connectivity index (χ0v) is 15.0. The molecule has 5 nitrogen and oxygen atoms in total. The highest BCUT2D eigenvalue weighted by Gasteiger charge is 2.45. The summed E-state index contributed by atoms with van der Waals surface area (Å²) in [4.78, 5) is 12.1. The SMILES string of the molecule is CC1(C)C(=O)NCCN1S(=O)(=O)c1ccc(Br)cc1Br. The Hall–Kier alpha value is -0.440. The third-order valence-corrected chi connectivity index (χ3v) is 6.78. The zero-order valence-electron chi connectivity index (χ0n) is 11.0. The molecule has 0 saturated carbocycles. The Morgan fingerprint density at radius 2 is 1.95 bits per heavy atom. The number of carbonyl (C=O) groups excluding carboxylic acids is 1. The van der Waals surface area contributed by atoms with Gasteiger partial charge in [-0.1, -0.05) is 15.9 Å². The number of amides is 1. The number of hydrogen-bond acceptors (Lipinski definition) is 3. The Labute approximate surface area is 135 Å². The maximum Gasteiger partial charge on any atom is 0.245 e. The van der Waals surface area contributed by atoms with E-state index in [1.807, 2.05) is 0 Å². The Morgan fingerprint density at radius 3 is 2.55 bits per heavy atom. The van der Waals surface area contributed by atoms with Crippen molar-refractivity contribution < 1.29 is 13.2 Å². The highest BCUT2D eigenvalue weighted by Crippen LogP contribution is 2.32. The quantitative estimate of drug-likeness (QED) is 0.788. The van der Waals surface area contributed by atoms with Crippen molar-refractivity contribution in [2.75, 3.05) is 13.1 Å². The van der Waals surface area contributed by atoms with E-state index in [1.165, 1.54) is 10.4 Å². The molecule has 1 amide bonds. The molecule has 1 aromatic carbocycles. The predicted octanol–water partition coefficient (Wildman–Crippen LogP) is 2.11. The van der Waals surface area contributed by atoms with Gasteiger partial charge in [-0.3, -0.25) is 4.79 Å². The fourth-order valence-electron chi connectivity index (χ4n) is 2.10. The van der Waals surface area contributed by atoms with E-state index in [4.69, 9.17) is 0 Å². The fraction of sp³-hybridized carbons (Fsp3) is 0.417. The second kappa shape index (κ2) is 5.40. The minimum Gasteiger partial charge on any atom is -0.353 e. The Kier molecular flexibility index (Phi) is 4.30. The Balaban J connectivity index is 2.52. The highest BCUT2D eigenvalue weighted by molar-refractivity contribution is 9.11. The molecule has 0 unspecified atom stereocenters. The van der Waals surface area contributed by atoms with Crippen LogP contribution in [0.25, 0.3) is 0 Å². The topological polar surface area (TPSA) is 66.5 Å². The van der Waals surface area contributed by atoms with Gasteiger partial charge in [0, 0.05) is 22.0 Å². The number of rotatable bonds is 2. The van der Waals surface area contributed by atoms with Gasteiger partial charge < -0.3 is 5.32 Å². The van der Waals surface area contributed by atoms with Crippen LogP contribution in [0.3, 0.4) is 0 Å². The van der Waals surface area contributed by atoms with E-state index in [1.54, 1.807) is 26.0 Å². The van der Waals surface area contributed by atoms with Crippen molar-refractivity contribution in [2.24, 2.45) is 0 Å². The monoisotopic (exact) mass is 424 g/mol. The first-order valence-electron chi connectivity index (χ1n) is 5.93. The molecule has 1 aromatic rings. The predicted molar refractivity (Wildman–Crippen MR) is 82.8 cm³/mol. The summed E-state index contributed by atoms with van der Waals surface area (Å²) >= 11 is 6.55. The van der Waals surface area contributed by atoms with Gasteiger partial charge >= 0.3 is 0 Å². The molecule has 8 heteroatoms. The normalized spacial score (nSPS) is 19.7. The van der Waals surface area contributed by atoms with E-state index >= 15 is 0 Å². The third-order valence-electron chi connectivity index (χ3n) is 3.24. The summed E-state index contributed by atoms with van der Waals surface area (Å²) in [6.07, 6.45) is 0. The summed E-state index contributed by atoms with van der Waals surface area (Å²) in [6, 6.07) is 4.85. The van der Waals surface area contributed by atoms with Gasteiger partial charge in [0.1, 0.15) is 5.54 Å². The van der Waals surface area contributed by atoms with Crippen LogP contribution in [-0.4, -0.2) is 37.3 Å². The second-order valence-electron chi connectivity index (χ2n) is 4.97. The van der Waals surface area contributed by atoms with Gasteiger partial charge in [-0.25, -0.2) is 8.42 Å². The van der Waals surface area contributed by atoms with Gasteiger partial charge in [0.15, 0.2) is 0 Å². The molecule has 20 heavy (non-hydrogen) atoms. The highest BCUT2D eigenvalue weighted by atomic mass is 79.9.